The molecule has 0 saturated carbocycles. The SMILES string of the molecule is O=C(Nc1nnc(SCc2cccc([N+](=O)[O-])c2)s1)c1ccco1. The topological polar surface area (TPSA) is 111 Å². The second kappa shape index (κ2) is 7.23. The van der Waals surface area contributed by atoms with E-state index in [1.807, 2.05) is 0 Å². The van der Waals surface area contributed by atoms with Gasteiger partial charge in [-0.2, -0.15) is 0 Å². The van der Waals surface area contributed by atoms with Gasteiger partial charge in [-0.05, 0) is 17.7 Å². The minimum atomic E-state index is -0.429. The molecule has 0 saturated heterocycles. The summed E-state index contributed by atoms with van der Waals surface area (Å²) in [6, 6.07) is 9.59. The Bertz CT molecular complexity index is 863. The molecule has 0 aliphatic rings. The van der Waals surface area contributed by atoms with Crippen LogP contribution in [0.3, 0.4) is 0 Å². The van der Waals surface area contributed by atoms with Crippen LogP contribution in [0.5, 0.6) is 0 Å². The van der Waals surface area contributed by atoms with E-state index in [1.54, 1.807) is 24.3 Å². The van der Waals surface area contributed by atoms with Gasteiger partial charge in [-0.15, -0.1) is 10.2 Å². The Morgan fingerprint density at radius 2 is 2.21 bits per heavy atom. The van der Waals surface area contributed by atoms with Gasteiger partial charge in [-0.1, -0.05) is 35.2 Å². The molecule has 1 N–H and O–H groups in total. The molecule has 0 bridgehead atoms. The van der Waals surface area contributed by atoms with Crippen molar-refractivity contribution in [2.75, 3.05) is 5.32 Å². The van der Waals surface area contributed by atoms with Gasteiger partial charge in [0.1, 0.15) is 0 Å². The third kappa shape index (κ3) is 3.97. The molecule has 3 rings (SSSR count). The number of nitrogens with zero attached hydrogens (tertiary/aromatic N) is 3. The minimum absolute atomic E-state index is 0.0526. The zero-order valence-electron chi connectivity index (χ0n) is 12.0. The number of non-ortho nitro benzene ring substituents is 1. The van der Waals surface area contributed by atoms with E-state index in [0.29, 0.717) is 15.2 Å². The third-order valence-corrected chi connectivity index (χ3v) is 4.90. The standard InChI is InChI=1S/C14H10N4O4S2/c19-12(11-5-2-6-22-11)15-13-16-17-14(24-13)23-8-9-3-1-4-10(7-9)18(20)21/h1-7H,8H2,(H,15,16,19). The van der Waals surface area contributed by atoms with Crippen LogP contribution in [0.1, 0.15) is 16.1 Å². The summed E-state index contributed by atoms with van der Waals surface area (Å²) < 4.78 is 5.64. The lowest BCUT2D eigenvalue weighted by atomic mass is 10.2. The fourth-order valence-corrected chi connectivity index (χ4v) is 3.48. The largest absolute Gasteiger partial charge is 0.459 e. The summed E-state index contributed by atoms with van der Waals surface area (Å²) in [6.45, 7) is 0. The molecule has 3 aromatic rings. The van der Waals surface area contributed by atoms with Crippen molar-refractivity contribution in [1.29, 1.82) is 0 Å². The number of amides is 1. The fourth-order valence-electron chi connectivity index (χ4n) is 1.79. The highest BCUT2D eigenvalue weighted by atomic mass is 32.2. The molecule has 0 unspecified atom stereocenters. The Morgan fingerprint density at radius 1 is 1.33 bits per heavy atom. The molecule has 2 heterocycles. The van der Waals surface area contributed by atoms with Crippen molar-refractivity contribution in [3.8, 4) is 0 Å². The highest BCUT2D eigenvalue weighted by Crippen LogP contribution is 2.29. The third-order valence-electron chi connectivity index (χ3n) is 2.86. The molecule has 2 aromatic heterocycles. The maximum Gasteiger partial charge on any atom is 0.293 e. The van der Waals surface area contributed by atoms with Crippen molar-refractivity contribution in [3.05, 3.63) is 64.1 Å². The van der Waals surface area contributed by atoms with Crippen molar-refractivity contribution in [2.45, 2.75) is 10.1 Å². The normalized spacial score (nSPS) is 10.5. The van der Waals surface area contributed by atoms with Gasteiger partial charge in [0.25, 0.3) is 11.6 Å². The van der Waals surface area contributed by atoms with Crippen molar-refractivity contribution in [3.63, 3.8) is 0 Å². The number of nitro benzene ring substituents is 1. The van der Waals surface area contributed by atoms with E-state index in [0.717, 1.165) is 5.56 Å². The molecule has 0 spiro atoms. The lowest BCUT2D eigenvalue weighted by Crippen LogP contribution is -2.10. The number of nitro groups is 1. The molecule has 1 amide bonds. The Labute approximate surface area is 144 Å². The van der Waals surface area contributed by atoms with E-state index < -0.39 is 10.8 Å². The molecule has 0 aliphatic heterocycles. The lowest BCUT2D eigenvalue weighted by Gasteiger charge is -1.98. The lowest BCUT2D eigenvalue weighted by molar-refractivity contribution is -0.384. The maximum atomic E-state index is 11.8. The molecule has 8 nitrogen and oxygen atoms in total. The van der Waals surface area contributed by atoms with E-state index in [-0.39, 0.29) is 11.4 Å². The van der Waals surface area contributed by atoms with Crippen molar-refractivity contribution < 1.29 is 14.1 Å². The van der Waals surface area contributed by atoms with Crippen LogP contribution in [0.25, 0.3) is 0 Å². The van der Waals surface area contributed by atoms with Gasteiger partial charge in [-0.3, -0.25) is 20.2 Å². The summed E-state index contributed by atoms with van der Waals surface area (Å²) in [5, 5.41) is 21.6. The molecule has 24 heavy (non-hydrogen) atoms. The predicted octanol–water partition coefficient (Wildman–Crippen LogP) is 3.58. The molecular formula is C14H10N4O4S2. The number of furan rings is 1. The molecule has 0 radical (unpaired) electrons. The van der Waals surface area contributed by atoms with Crippen LogP contribution in [0.15, 0.2) is 51.4 Å². The van der Waals surface area contributed by atoms with Crippen molar-refractivity contribution in [1.82, 2.24) is 10.2 Å². The van der Waals surface area contributed by atoms with Gasteiger partial charge in [0.15, 0.2) is 10.1 Å². The predicted molar refractivity (Wildman–Crippen MR) is 89.2 cm³/mol. The maximum absolute atomic E-state index is 11.8. The number of nitrogens with one attached hydrogen (secondary N) is 1. The van der Waals surface area contributed by atoms with Gasteiger partial charge in [-0.25, -0.2) is 0 Å². The fraction of sp³-hybridized carbons (Fsp3) is 0.0714. The van der Waals surface area contributed by atoms with Crippen molar-refractivity contribution >= 4 is 39.8 Å². The zero-order valence-corrected chi connectivity index (χ0v) is 13.7. The highest BCUT2D eigenvalue weighted by Gasteiger charge is 2.13. The second-order valence-electron chi connectivity index (χ2n) is 4.52. The average molecular weight is 362 g/mol. The van der Waals surface area contributed by atoms with Crippen LogP contribution in [0, 0.1) is 10.1 Å². The molecule has 0 atom stereocenters. The number of thioether (sulfide) groups is 1. The van der Waals surface area contributed by atoms with Crippen LogP contribution in [-0.2, 0) is 5.75 Å². The smallest absolute Gasteiger partial charge is 0.293 e. The highest BCUT2D eigenvalue weighted by molar-refractivity contribution is 8.00. The van der Waals surface area contributed by atoms with Crippen LogP contribution in [0.2, 0.25) is 0 Å². The first-order chi connectivity index (χ1) is 11.6. The molecule has 1 aromatic carbocycles. The Hall–Kier alpha value is -2.72. The first kappa shape index (κ1) is 16.1. The van der Waals surface area contributed by atoms with Crippen LogP contribution in [0.4, 0.5) is 10.8 Å². The number of aromatic nitrogens is 2. The average Bonchev–Trinajstić information content (AvgIpc) is 3.25. The summed E-state index contributed by atoms with van der Waals surface area (Å²) in [7, 11) is 0. The number of carbonyl (C=O) groups excluding carboxylic acids is 1. The Kier molecular flexibility index (Phi) is 4.87. The molecule has 10 heteroatoms. The van der Waals surface area contributed by atoms with Crippen molar-refractivity contribution in [2.24, 2.45) is 0 Å². The van der Waals surface area contributed by atoms with Gasteiger partial charge in [0, 0.05) is 17.9 Å². The molecule has 0 aliphatic carbocycles. The van der Waals surface area contributed by atoms with Gasteiger partial charge < -0.3 is 4.42 Å². The number of hydrogen-bond donors (Lipinski definition) is 1. The number of anilines is 1. The number of hydrogen-bond acceptors (Lipinski definition) is 8. The van der Waals surface area contributed by atoms with E-state index in [4.69, 9.17) is 4.42 Å². The van der Waals surface area contributed by atoms with Gasteiger partial charge in [0.05, 0.1) is 11.2 Å². The zero-order chi connectivity index (χ0) is 16.9. The summed E-state index contributed by atoms with van der Waals surface area (Å²) in [5.74, 6) is 0.310. The monoisotopic (exact) mass is 362 g/mol. The minimum Gasteiger partial charge on any atom is -0.459 e. The second-order valence-corrected chi connectivity index (χ2v) is 6.72. The Balaban J connectivity index is 1.59. The summed E-state index contributed by atoms with van der Waals surface area (Å²) in [6.07, 6.45) is 1.41. The van der Waals surface area contributed by atoms with Gasteiger partial charge >= 0.3 is 0 Å². The van der Waals surface area contributed by atoms with Crippen LogP contribution >= 0.6 is 23.1 Å². The van der Waals surface area contributed by atoms with E-state index >= 15 is 0 Å². The summed E-state index contributed by atoms with van der Waals surface area (Å²) in [5.41, 5.74) is 0.863. The van der Waals surface area contributed by atoms with Gasteiger partial charge in [0.2, 0.25) is 5.13 Å². The first-order valence-electron chi connectivity index (χ1n) is 6.66. The molecular weight excluding hydrogens is 352 g/mol. The summed E-state index contributed by atoms with van der Waals surface area (Å²) in [4.78, 5) is 22.2. The number of benzene rings is 1. The van der Waals surface area contributed by atoms with E-state index in [1.165, 1.54) is 41.5 Å². The number of rotatable bonds is 6. The van der Waals surface area contributed by atoms with E-state index in [2.05, 4.69) is 15.5 Å². The summed E-state index contributed by atoms with van der Waals surface area (Å²) >= 11 is 2.61. The quantitative estimate of drug-likeness (QED) is 0.309. The van der Waals surface area contributed by atoms with Crippen LogP contribution in [-0.4, -0.2) is 21.0 Å². The first-order valence-corrected chi connectivity index (χ1v) is 8.46. The van der Waals surface area contributed by atoms with E-state index in [9.17, 15) is 14.9 Å². The molecule has 122 valence electrons. The Morgan fingerprint density at radius 3 is 2.96 bits per heavy atom. The molecule has 0 fully saturated rings. The van der Waals surface area contributed by atoms with Crippen LogP contribution < -0.4 is 5.32 Å². The number of carbonyl (C=O) groups is 1.